The van der Waals surface area contributed by atoms with Gasteiger partial charge in [-0.25, -0.2) is 9.97 Å². The normalized spacial score (nSPS) is 11.5. The summed E-state index contributed by atoms with van der Waals surface area (Å²) in [7, 11) is 0. The fraction of sp³-hybridized carbons (Fsp3) is 0.111. The molecule has 4 heteroatoms. The van der Waals surface area contributed by atoms with Gasteiger partial charge in [-0.15, -0.1) is 22.7 Å². The second kappa shape index (κ2) is 2.49. The fourth-order valence-electron chi connectivity index (χ4n) is 1.43. The Labute approximate surface area is 82.9 Å². The second-order valence-electron chi connectivity index (χ2n) is 2.84. The maximum atomic E-state index is 4.48. The average Bonchev–Trinajstić information content (AvgIpc) is 2.65. The number of fused-ring (bicyclic) bond motifs is 3. The van der Waals surface area contributed by atoms with Crippen LogP contribution in [0.5, 0.6) is 0 Å². The van der Waals surface area contributed by atoms with E-state index in [0.717, 1.165) is 16.0 Å². The summed E-state index contributed by atoms with van der Waals surface area (Å²) in [6.45, 7) is 2.03. The smallest absolute Gasteiger partial charge is 0.109 e. The Kier molecular flexibility index (Phi) is 1.42. The lowest BCUT2D eigenvalue weighted by Crippen LogP contribution is -1.72. The molecule has 13 heavy (non-hydrogen) atoms. The molecule has 0 aliphatic carbocycles. The number of aromatic nitrogens is 2. The summed E-state index contributed by atoms with van der Waals surface area (Å²) in [5.74, 6) is 0. The molecule has 0 aliphatic heterocycles. The van der Waals surface area contributed by atoms with Gasteiger partial charge in [0.25, 0.3) is 0 Å². The first kappa shape index (κ1) is 7.41. The molecule has 3 aromatic rings. The van der Waals surface area contributed by atoms with Crippen LogP contribution in [0.25, 0.3) is 20.4 Å². The van der Waals surface area contributed by atoms with Crippen LogP contribution in [0.1, 0.15) is 5.01 Å². The third-order valence-corrected chi connectivity index (χ3v) is 3.70. The molecule has 0 atom stereocenters. The molecule has 2 aromatic heterocycles. The second-order valence-corrected chi connectivity index (χ2v) is 4.97. The van der Waals surface area contributed by atoms with Crippen molar-refractivity contribution in [1.29, 1.82) is 0 Å². The van der Waals surface area contributed by atoms with Gasteiger partial charge in [-0.2, -0.15) is 0 Å². The Morgan fingerprint density at radius 1 is 1.15 bits per heavy atom. The number of hydrogen-bond acceptors (Lipinski definition) is 4. The molecule has 1 aromatic carbocycles. The highest BCUT2D eigenvalue weighted by molar-refractivity contribution is 7.19. The van der Waals surface area contributed by atoms with Crippen LogP contribution in [0.2, 0.25) is 0 Å². The van der Waals surface area contributed by atoms with Gasteiger partial charge in [0.2, 0.25) is 0 Å². The first-order valence-corrected chi connectivity index (χ1v) is 5.63. The maximum absolute atomic E-state index is 4.48. The van der Waals surface area contributed by atoms with Crippen LogP contribution in [0.3, 0.4) is 0 Å². The molecule has 0 fully saturated rings. The van der Waals surface area contributed by atoms with Gasteiger partial charge in [0, 0.05) is 0 Å². The number of thiazole rings is 2. The van der Waals surface area contributed by atoms with Gasteiger partial charge in [0.1, 0.15) is 11.0 Å². The van der Waals surface area contributed by atoms with Crippen molar-refractivity contribution in [3.63, 3.8) is 0 Å². The molecule has 0 N–H and O–H groups in total. The monoisotopic (exact) mass is 206 g/mol. The lowest BCUT2D eigenvalue weighted by Gasteiger charge is -1.87. The van der Waals surface area contributed by atoms with E-state index in [1.54, 1.807) is 22.7 Å². The summed E-state index contributed by atoms with van der Waals surface area (Å²) in [4.78, 5) is 8.80. The first-order valence-electron chi connectivity index (χ1n) is 3.94. The van der Waals surface area contributed by atoms with Gasteiger partial charge >= 0.3 is 0 Å². The van der Waals surface area contributed by atoms with Crippen LogP contribution in [0, 0.1) is 6.92 Å². The van der Waals surface area contributed by atoms with Crippen LogP contribution >= 0.6 is 22.7 Å². The number of nitrogens with zero attached hydrogens (tertiary/aromatic N) is 2. The lowest BCUT2D eigenvalue weighted by molar-refractivity contribution is 1.34. The molecular weight excluding hydrogens is 200 g/mol. The quantitative estimate of drug-likeness (QED) is 0.564. The molecule has 2 heterocycles. The molecule has 0 radical (unpaired) electrons. The predicted octanol–water partition coefficient (Wildman–Crippen LogP) is 3.21. The minimum atomic E-state index is 1.05. The topological polar surface area (TPSA) is 25.8 Å². The van der Waals surface area contributed by atoms with E-state index in [9.17, 15) is 0 Å². The zero-order chi connectivity index (χ0) is 8.84. The third kappa shape index (κ3) is 0.990. The van der Waals surface area contributed by atoms with Gasteiger partial charge in [0.05, 0.1) is 19.9 Å². The van der Waals surface area contributed by atoms with Gasteiger partial charge in [-0.05, 0) is 19.1 Å². The Hall–Kier alpha value is -1.00. The van der Waals surface area contributed by atoms with Crippen molar-refractivity contribution in [3.05, 3.63) is 22.7 Å². The lowest BCUT2D eigenvalue weighted by atomic mass is 10.3. The number of rotatable bonds is 0. The average molecular weight is 206 g/mol. The summed E-state index contributed by atoms with van der Waals surface area (Å²) < 4.78 is 2.45. The van der Waals surface area contributed by atoms with Crippen LogP contribution in [0.15, 0.2) is 17.6 Å². The largest absolute Gasteiger partial charge is 0.242 e. The van der Waals surface area contributed by atoms with Gasteiger partial charge < -0.3 is 0 Å². The molecule has 0 spiro atoms. The van der Waals surface area contributed by atoms with Crippen LogP contribution in [-0.4, -0.2) is 9.97 Å². The standard InChI is InChI=1S/C9H6N2S2/c1-5-11-9-7(13-5)3-2-6-8(9)10-4-12-6/h2-4H,1H3. The van der Waals surface area contributed by atoms with E-state index < -0.39 is 0 Å². The highest BCUT2D eigenvalue weighted by atomic mass is 32.1. The molecule has 64 valence electrons. The summed E-state index contributed by atoms with van der Waals surface area (Å²) in [6.07, 6.45) is 0. The third-order valence-electron chi connectivity index (χ3n) is 1.97. The molecule has 0 bridgehead atoms. The summed E-state index contributed by atoms with van der Waals surface area (Å²) >= 11 is 3.39. The molecule has 0 unspecified atom stereocenters. The first-order chi connectivity index (χ1) is 6.34. The van der Waals surface area contributed by atoms with Crippen molar-refractivity contribution in [1.82, 2.24) is 9.97 Å². The van der Waals surface area contributed by atoms with Crippen molar-refractivity contribution in [2.75, 3.05) is 0 Å². The van der Waals surface area contributed by atoms with Crippen molar-refractivity contribution < 1.29 is 0 Å². The Balaban J connectivity index is 2.64. The van der Waals surface area contributed by atoms with Crippen LogP contribution in [0.4, 0.5) is 0 Å². The molecule has 2 nitrogen and oxygen atoms in total. The Morgan fingerprint density at radius 2 is 2.00 bits per heavy atom. The molecule has 3 rings (SSSR count). The summed E-state index contributed by atoms with van der Waals surface area (Å²) in [5, 5.41) is 1.11. The van der Waals surface area contributed by atoms with Gasteiger partial charge in [-0.1, -0.05) is 0 Å². The minimum absolute atomic E-state index is 1.05. The van der Waals surface area contributed by atoms with Crippen molar-refractivity contribution in [2.24, 2.45) is 0 Å². The van der Waals surface area contributed by atoms with E-state index in [0.29, 0.717) is 0 Å². The number of hydrogen-bond donors (Lipinski definition) is 0. The zero-order valence-corrected chi connectivity index (χ0v) is 8.58. The number of aryl methyl sites for hydroxylation is 1. The highest BCUT2D eigenvalue weighted by Gasteiger charge is 2.06. The van der Waals surface area contributed by atoms with E-state index in [-0.39, 0.29) is 0 Å². The van der Waals surface area contributed by atoms with Crippen molar-refractivity contribution in [3.8, 4) is 0 Å². The summed E-state index contributed by atoms with van der Waals surface area (Å²) in [6, 6.07) is 4.24. The van der Waals surface area contributed by atoms with E-state index in [2.05, 4.69) is 22.1 Å². The van der Waals surface area contributed by atoms with E-state index >= 15 is 0 Å². The molecule has 0 amide bonds. The van der Waals surface area contributed by atoms with E-state index in [1.165, 1.54) is 9.40 Å². The molecular formula is C9H6N2S2. The van der Waals surface area contributed by atoms with Crippen LogP contribution in [-0.2, 0) is 0 Å². The van der Waals surface area contributed by atoms with Crippen molar-refractivity contribution in [2.45, 2.75) is 6.92 Å². The Bertz CT molecular complexity index is 579. The van der Waals surface area contributed by atoms with Crippen molar-refractivity contribution >= 4 is 43.1 Å². The summed E-state index contributed by atoms with van der Waals surface area (Å²) in [5.41, 5.74) is 3.98. The maximum Gasteiger partial charge on any atom is 0.109 e. The van der Waals surface area contributed by atoms with Gasteiger partial charge in [0.15, 0.2) is 0 Å². The zero-order valence-electron chi connectivity index (χ0n) is 6.94. The van der Waals surface area contributed by atoms with E-state index in [4.69, 9.17) is 0 Å². The van der Waals surface area contributed by atoms with Gasteiger partial charge in [-0.3, -0.25) is 0 Å². The van der Waals surface area contributed by atoms with Crippen LogP contribution < -0.4 is 0 Å². The fourth-order valence-corrected chi connectivity index (χ4v) is 2.94. The Morgan fingerprint density at radius 3 is 2.92 bits per heavy atom. The SMILES string of the molecule is Cc1nc2c(ccc3scnc32)s1. The molecule has 0 aliphatic rings. The molecule has 0 saturated heterocycles. The van der Waals surface area contributed by atoms with E-state index in [1.807, 2.05) is 12.4 Å². The highest BCUT2D eigenvalue weighted by Crippen LogP contribution is 2.29. The number of benzene rings is 1. The minimum Gasteiger partial charge on any atom is -0.242 e. The molecule has 0 saturated carbocycles. The predicted molar refractivity (Wildman–Crippen MR) is 57.5 cm³/mol.